The Morgan fingerprint density at radius 1 is 1.48 bits per heavy atom. The molecule has 5 heteroatoms. The SMILES string of the molecule is Cc1c(C(C)NC(=O)c2ccc3c(c2)NCC3)cnn1C. The van der Waals surface area contributed by atoms with Crippen molar-refractivity contribution in [2.45, 2.75) is 26.3 Å². The van der Waals surface area contributed by atoms with Gasteiger partial charge in [0, 0.05) is 36.1 Å². The molecule has 2 aromatic rings. The number of carbonyl (C=O) groups excluding carboxylic acids is 1. The Hall–Kier alpha value is -2.30. The summed E-state index contributed by atoms with van der Waals surface area (Å²) < 4.78 is 1.82. The zero-order chi connectivity index (χ0) is 15.0. The van der Waals surface area contributed by atoms with Gasteiger partial charge in [0.05, 0.1) is 12.2 Å². The summed E-state index contributed by atoms with van der Waals surface area (Å²) in [6.07, 6.45) is 2.84. The lowest BCUT2D eigenvalue weighted by Crippen LogP contribution is -2.27. The van der Waals surface area contributed by atoms with Crippen LogP contribution in [0.4, 0.5) is 5.69 Å². The Morgan fingerprint density at radius 3 is 3.00 bits per heavy atom. The molecule has 110 valence electrons. The van der Waals surface area contributed by atoms with Gasteiger partial charge in [-0.15, -0.1) is 0 Å². The molecule has 1 aromatic carbocycles. The minimum Gasteiger partial charge on any atom is -0.384 e. The molecular formula is C16H20N4O. The molecule has 0 saturated heterocycles. The Balaban J connectivity index is 1.75. The van der Waals surface area contributed by atoms with Crippen molar-refractivity contribution >= 4 is 11.6 Å². The van der Waals surface area contributed by atoms with Crippen LogP contribution in [-0.2, 0) is 13.5 Å². The van der Waals surface area contributed by atoms with Crippen molar-refractivity contribution in [3.05, 3.63) is 46.8 Å². The fourth-order valence-electron chi connectivity index (χ4n) is 2.73. The van der Waals surface area contributed by atoms with Crippen molar-refractivity contribution in [3.63, 3.8) is 0 Å². The van der Waals surface area contributed by atoms with Gasteiger partial charge in [-0.1, -0.05) is 6.07 Å². The molecule has 2 N–H and O–H groups in total. The van der Waals surface area contributed by atoms with Gasteiger partial charge in [-0.2, -0.15) is 5.10 Å². The molecule has 0 aliphatic carbocycles. The third-order valence-corrected chi connectivity index (χ3v) is 4.17. The maximum absolute atomic E-state index is 12.4. The fraction of sp³-hybridized carbons (Fsp3) is 0.375. The lowest BCUT2D eigenvalue weighted by molar-refractivity contribution is 0.0940. The molecule has 2 heterocycles. The Bertz CT molecular complexity index is 690. The number of benzene rings is 1. The summed E-state index contributed by atoms with van der Waals surface area (Å²) in [4.78, 5) is 12.4. The number of rotatable bonds is 3. The summed E-state index contributed by atoms with van der Waals surface area (Å²) in [5.41, 5.74) is 5.16. The topological polar surface area (TPSA) is 59.0 Å². The largest absolute Gasteiger partial charge is 0.384 e. The van der Waals surface area contributed by atoms with Gasteiger partial charge in [0.15, 0.2) is 0 Å². The first kappa shape index (κ1) is 13.7. The van der Waals surface area contributed by atoms with Gasteiger partial charge in [0.2, 0.25) is 0 Å². The number of anilines is 1. The fourth-order valence-corrected chi connectivity index (χ4v) is 2.73. The second kappa shape index (κ2) is 5.24. The van der Waals surface area contributed by atoms with E-state index in [1.54, 1.807) is 0 Å². The van der Waals surface area contributed by atoms with E-state index in [4.69, 9.17) is 0 Å². The number of carbonyl (C=O) groups is 1. The van der Waals surface area contributed by atoms with Gasteiger partial charge < -0.3 is 10.6 Å². The Kier molecular flexibility index (Phi) is 3.41. The van der Waals surface area contributed by atoms with Crippen LogP contribution < -0.4 is 10.6 Å². The molecule has 0 saturated carbocycles. The van der Waals surface area contributed by atoms with Crippen LogP contribution in [0.15, 0.2) is 24.4 Å². The Morgan fingerprint density at radius 2 is 2.29 bits per heavy atom. The van der Waals surface area contributed by atoms with E-state index in [9.17, 15) is 4.79 Å². The number of fused-ring (bicyclic) bond motifs is 1. The second-order valence-corrected chi connectivity index (χ2v) is 5.55. The van der Waals surface area contributed by atoms with Crippen LogP contribution >= 0.6 is 0 Å². The molecule has 5 nitrogen and oxygen atoms in total. The molecule has 21 heavy (non-hydrogen) atoms. The van der Waals surface area contributed by atoms with E-state index in [2.05, 4.69) is 15.7 Å². The standard InChI is InChI=1S/C16H20N4O/c1-10(14-9-18-20(3)11(14)2)19-16(21)13-5-4-12-6-7-17-15(12)8-13/h4-5,8-10,17H,6-7H2,1-3H3,(H,19,21). The minimum atomic E-state index is -0.0626. The zero-order valence-electron chi connectivity index (χ0n) is 12.6. The monoisotopic (exact) mass is 284 g/mol. The average Bonchev–Trinajstić information content (AvgIpc) is 3.05. The van der Waals surface area contributed by atoms with Gasteiger partial charge >= 0.3 is 0 Å². The number of nitrogens with one attached hydrogen (secondary N) is 2. The highest BCUT2D eigenvalue weighted by atomic mass is 16.1. The van der Waals surface area contributed by atoms with Crippen molar-refractivity contribution in [3.8, 4) is 0 Å². The van der Waals surface area contributed by atoms with Gasteiger partial charge in [-0.25, -0.2) is 0 Å². The molecule has 1 amide bonds. The van der Waals surface area contributed by atoms with Gasteiger partial charge in [-0.3, -0.25) is 9.48 Å². The third-order valence-electron chi connectivity index (χ3n) is 4.17. The number of aryl methyl sites for hydroxylation is 1. The van der Waals surface area contributed by atoms with Crippen LogP contribution in [0.1, 0.15) is 40.1 Å². The minimum absolute atomic E-state index is 0.0535. The van der Waals surface area contributed by atoms with Gasteiger partial charge in [0.25, 0.3) is 5.91 Å². The number of hydrogen-bond acceptors (Lipinski definition) is 3. The van der Waals surface area contributed by atoms with E-state index in [0.29, 0.717) is 5.56 Å². The van der Waals surface area contributed by atoms with Crippen LogP contribution in [0.5, 0.6) is 0 Å². The van der Waals surface area contributed by atoms with Crippen molar-refractivity contribution in [1.29, 1.82) is 0 Å². The van der Waals surface area contributed by atoms with Crippen molar-refractivity contribution in [1.82, 2.24) is 15.1 Å². The summed E-state index contributed by atoms with van der Waals surface area (Å²) in [5.74, 6) is -0.0535. The molecule has 1 unspecified atom stereocenters. The lowest BCUT2D eigenvalue weighted by atomic mass is 10.1. The normalized spacial score (nSPS) is 14.4. The number of aromatic nitrogens is 2. The number of nitrogens with zero attached hydrogens (tertiary/aromatic N) is 2. The molecule has 0 spiro atoms. The molecular weight excluding hydrogens is 264 g/mol. The molecule has 1 aliphatic heterocycles. The number of amides is 1. The zero-order valence-corrected chi connectivity index (χ0v) is 12.6. The molecule has 1 aromatic heterocycles. The lowest BCUT2D eigenvalue weighted by Gasteiger charge is -2.14. The van der Waals surface area contributed by atoms with Crippen LogP contribution in [0.3, 0.4) is 0 Å². The predicted molar refractivity (Wildman–Crippen MR) is 82.5 cm³/mol. The van der Waals surface area contributed by atoms with Crippen LogP contribution in [0.2, 0.25) is 0 Å². The molecule has 1 atom stereocenters. The second-order valence-electron chi connectivity index (χ2n) is 5.55. The van der Waals surface area contributed by atoms with E-state index < -0.39 is 0 Å². The summed E-state index contributed by atoms with van der Waals surface area (Å²) >= 11 is 0. The summed E-state index contributed by atoms with van der Waals surface area (Å²) in [5, 5.41) is 10.6. The average molecular weight is 284 g/mol. The van der Waals surface area contributed by atoms with Crippen LogP contribution in [0, 0.1) is 6.92 Å². The first-order valence-corrected chi connectivity index (χ1v) is 7.22. The highest BCUT2D eigenvalue weighted by Crippen LogP contribution is 2.24. The van der Waals surface area contributed by atoms with E-state index >= 15 is 0 Å². The molecule has 0 bridgehead atoms. The smallest absolute Gasteiger partial charge is 0.251 e. The van der Waals surface area contributed by atoms with E-state index in [0.717, 1.165) is 29.9 Å². The van der Waals surface area contributed by atoms with Gasteiger partial charge in [0.1, 0.15) is 0 Å². The highest BCUT2D eigenvalue weighted by Gasteiger charge is 2.17. The van der Waals surface area contributed by atoms with E-state index in [-0.39, 0.29) is 11.9 Å². The highest BCUT2D eigenvalue weighted by molar-refractivity contribution is 5.95. The van der Waals surface area contributed by atoms with Crippen molar-refractivity contribution in [2.24, 2.45) is 7.05 Å². The molecule has 1 aliphatic rings. The predicted octanol–water partition coefficient (Wildman–Crippen LogP) is 2.19. The quantitative estimate of drug-likeness (QED) is 0.908. The maximum Gasteiger partial charge on any atom is 0.251 e. The van der Waals surface area contributed by atoms with Crippen LogP contribution in [0.25, 0.3) is 0 Å². The van der Waals surface area contributed by atoms with Crippen molar-refractivity contribution in [2.75, 3.05) is 11.9 Å². The summed E-state index contributed by atoms with van der Waals surface area (Å²) in [7, 11) is 1.90. The summed E-state index contributed by atoms with van der Waals surface area (Å²) in [6.45, 7) is 4.93. The van der Waals surface area contributed by atoms with Gasteiger partial charge in [-0.05, 0) is 38.0 Å². The maximum atomic E-state index is 12.4. The van der Waals surface area contributed by atoms with Crippen LogP contribution in [-0.4, -0.2) is 22.2 Å². The van der Waals surface area contributed by atoms with E-state index in [1.165, 1.54) is 5.56 Å². The first-order valence-electron chi connectivity index (χ1n) is 7.22. The molecule has 0 fully saturated rings. The first-order chi connectivity index (χ1) is 10.1. The van der Waals surface area contributed by atoms with E-state index in [1.807, 2.05) is 50.0 Å². The Labute approximate surface area is 124 Å². The van der Waals surface area contributed by atoms with Crippen molar-refractivity contribution < 1.29 is 4.79 Å². The molecule has 0 radical (unpaired) electrons. The third kappa shape index (κ3) is 2.51. The molecule has 3 rings (SSSR count). The number of hydrogen-bond donors (Lipinski definition) is 2. The summed E-state index contributed by atoms with van der Waals surface area (Å²) in [6, 6.07) is 5.79.